The number of fused-ring (bicyclic) bond motifs is 1. The zero-order valence-electron chi connectivity index (χ0n) is 16.4. The van der Waals surface area contributed by atoms with Gasteiger partial charge in [-0.1, -0.05) is 48.7 Å². The number of benzene rings is 2. The quantitative estimate of drug-likeness (QED) is 0.696. The van der Waals surface area contributed by atoms with Crippen molar-refractivity contribution in [1.82, 2.24) is 4.57 Å². The van der Waals surface area contributed by atoms with Gasteiger partial charge >= 0.3 is 0 Å². The molecule has 1 heterocycles. The van der Waals surface area contributed by atoms with Crippen LogP contribution in [0.5, 0.6) is 0 Å². The number of amides is 1. The molecule has 0 aliphatic heterocycles. The van der Waals surface area contributed by atoms with Gasteiger partial charge in [-0.15, -0.1) is 0 Å². The minimum Gasteiger partial charge on any atom is -0.320 e. The Bertz CT molecular complexity index is 1060. The first-order chi connectivity index (χ1) is 12.9. The molecule has 0 bridgehead atoms. The highest BCUT2D eigenvalue weighted by molar-refractivity contribution is 6.05. The molecule has 1 N–H and O–H groups in total. The molecule has 27 heavy (non-hydrogen) atoms. The van der Waals surface area contributed by atoms with Crippen LogP contribution in [0.4, 0.5) is 5.69 Å². The molecule has 4 nitrogen and oxygen atoms in total. The van der Waals surface area contributed by atoms with Gasteiger partial charge < -0.3 is 9.88 Å². The summed E-state index contributed by atoms with van der Waals surface area (Å²) in [5.41, 5.74) is 4.26. The molecule has 0 saturated carbocycles. The second-order valence-electron chi connectivity index (χ2n) is 7.20. The molecule has 1 aromatic heterocycles. The van der Waals surface area contributed by atoms with Gasteiger partial charge in [-0.05, 0) is 56.3 Å². The molecule has 0 saturated heterocycles. The number of aromatic nitrogens is 1. The monoisotopic (exact) mass is 362 g/mol. The third-order valence-corrected chi connectivity index (χ3v) is 4.87. The highest BCUT2D eigenvalue weighted by Crippen LogP contribution is 2.19. The highest BCUT2D eigenvalue weighted by Gasteiger charge is 2.16. The van der Waals surface area contributed by atoms with Gasteiger partial charge in [0.05, 0.1) is 0 Å². The predicted molar refractivity (Wildman–Crippen MR) is 112 cm³/mol. The van der Waals surface area contributed by atoms with Crippen LogP contribution in [-0.2, 0) is 6.54 Å². The molecule has 2 aromatic carbocycles. The topological polar surface area (TPSA) is 51.1 Å². The average Bonchev–Trinajstić information content (AvgIpc) is 2.63. The van der Waals surface area contributed by atoms with E-state index in [0.29, 0.717) is 17.6 Å². The van der Waals surface area contributed by atoms with E-state index in [4.69, 9.17) is 0 Å². The maximum absolute atomic E-state index is 13.1. The smallest absolute Gasteiger partial charge is 0.272 e. The molecule has 0 fully saturated rings. The molecular weight excluding hydrogens is 336 g/mol. The number of aryl methyl sites for hydroxylation is 3. The summed E-state index contributed by atoms with van der Waals surface area (Å²) in [7, 11) is 0. The summed E-state index contributed by atoms with van der Waals surface area (Å²) in [5, 5.41) is 4.43. The van der Waals surface area contributed by atoms with E-state index in [0.717, 1.165) is 40.6 Å². The number of nitrogens with one attached hydrogen (secondary N) is 1. The van der Waals surface area contributed by atoms with Crippen LogP contribution in [-0.4, -0.2) is 10.5 Å². The summed E-state index contributed by atoms with van der Waals surface area (Å²) in [6.07, 6.45) is 1.80. The number of anilines is 1. The molecule has 0 unspecified atom stereocenters. The van der Waals surface area contributed by atoms with E-state index >= 15 is 0 Å². The lowest BCUT2D eigenvalue weighted by Gasteiger charge is -2.15. The minimum absolute atomic E-state index is 0.101. The van der Waals surface area contributed by atoms with Crippen molar-refractivity contribution in [2.24, 2.45) is 0 Å². The molecule has 0 aliphatic rings. The fourth-order valence-corrected chi connectivity index (χ4v) is 3.33. The van der Waals surface area contributed by atoms with Crippen LogP contribution >= 0.6 is 0 Å². The third-order valence-electron chi connectivity index (χ3n) is 4.87. The van der Waals surface area contributed by atoms with Gasteiger partial charge in [0.15, 0.2) is 0 Å². The van der Waals surface area contributed by atoms with Crippen LogP contribution in [0.3, 0.4) is 0 Å². The molecule has 3 rings (SSSR count). The van der Waals surface area contributed by atoms with Crippen molar-refractivity contribution in [2.75, 3.05) is 5.32 Å². The normalized spacial score (nSPS) is 11.0. The molecule has 3 aromatic rings. The van der Waals surface area contributed by atoms with Gasteiger partial charge in [0, 0.05) is 17.6 Å². The molecular formula is C23H26N2O2. The highest BCUT2D eigenvalue weighted by atomic mass is 16.2. The number of unbranched alkanes of at least 4 members (excludes halogenated alkanes) is 1. The van der Waals surface area contributed by atoms with Crippen molar-refractivity contribution < 1.29 is 4.79 Å². The fourth-order valence-electron chi connectivity index (χ4n) is 3.33. The van der Waals surface area contributed by atoms with Crippen molar-refractivity contribution >= 4 is 22.4 Å². The van der Waals surface area contributed by atoms with Gasteiger partial charge in [-0.3, -0.25) is 9.59 Å². The van der Waals surface area contributed by atoms with Crippen molar-refractivity contribution in [3.63, 3.8) is 0 Å². The third kappa shape index (κ3) is 3.95. The number of hydrogen-bond acceptors (Lipinski definition) is 2. The lowest BCUT2D eigenvalue weighted by molar-refractivity contribution is 0.101. The average molecular weight is 362 g/mol. The van der Waals surface area contributed by atoms with Crippen LogP contribution in [0, 0.1) is 20.8 Å². The molecule has 1 amide bonds. The van der Waals surface area contributed by atoms with E-state index in [9.17, 15) is 9.59 Å². The summed E-state index contributed by atoms with van der Waals surface area (Å²) in [6.45, 7) is 8.57. The van der Waals surface area contributed by atoms with E-state index in [-0.39, 0.29) is 11.5 Å². The van der Waals surface area contributed by atoms with E-state index in [1.54, 1.807) is 4.57 Å². The van der Waals surface area contributed by atoms with Crippen LogP contribution < -0.4 is 10.9 Å². The first-order valence-electron chi connectivity index (χ1n) is 9.43. The van der Waals surface area contributed by atoms with Crippen LogP contribution in [0.15, 0.2) is 47.3 Å². The zero-order valence-corrected chi connectivity index (χ0v) is 16.4. The van der Waals surface area contributed by atoms with Gasteiger partial charge in [-0.25, -0.2) is 0 Å². The van der Waals surface area contributed by atoms with Gasteiger partial charge in [0.25, 0.3) is 11.5 Å². The summed E-state index contributed by atoms with van der Waals surface area (Å²) in [6, 6.07) is 13.5. The molecule has 0 atom stereocenters. The molecule has 0 radical (unpaired) electrons. The summed E-state index contributed by atoms with van der Waals surface area (Å²) >= 11 is 0. The Morgan fingerprint density at radius 1 is 1.00 bits per heavy atom. The Morgan fingerprint density at radius 3 is 2.41 bits per heavy atom. The lowest BCUT2D eigenvalue weighted by Crippen LogP contribution is -2.29. The minimum atomic E-state index is -0.252. The molecule has 0 aliphatic carbocycles. The SMILES string of the molecule is CCCCn1c(C(=O)Nc2ccc(C)cc2C)cc2ccc(C)cc2c1=O. The summed E-state index contributed by atoms with van der Waals surface area (Å²) < 4.78 is 1.62. The van der Waals surface area contributed by atoms with Crippen molar-refractivity contribution in [1.29, 1.82) is 0 Å². The predicted octanol–water partition coefficient (Wildman–Crippen LogP) is 4.98. The van der Waals surface area contributed by atoms with Crippen LogP contribution in [0.2, 0.25) is 0 Å². The van der Waals surface area contributed by atoms with Gasteiger partial charge in [-0.2, -0.15) is 0 Å². The van der Waals surface area contributed by atoms with Crippen molar-refractivity contribution in [2.45, 2.75) is 47.1 Å². The Balaban J connectivity index is 2.09. The van der Waals surface area contributed by atoms with Crippen LogP contribution in [0.1, 0.15) is 46.9 Å². The summed E-state index contributed by atoms with van der Waals surface area (Å²) in [5.74, 6) is -0.252. The van der Waals surface area contributed by atoms with E-state index in [2.05, 4.69) is 12.2 Å². The number of rotatable bonds is 5. The number of carbonyl (C=O) groups is 1. The zero-order chi connectivity index (χ0) is 19.6. The summed E-state index contributed by atoms with van der Waals surface area (Å²) in [4.78, 5) is 26.1. The Hall–Kier alpha value is -2.88. The van der Waals surface area contributed by atoms with Gasteiger partial charge in [0.1, 0.15) is 5.69 Å². The van der Waals surface area contributed by atoms with Crippen molar-refractivity contribution in [3.05, 3.63) is 75.2 Å². The number of pyridine rings is 1. The molecule has 0 spiro atoms. The second kappa shape index (κ2) is 7.78. The Morgan fingerprint density at radius 2 is 1.70 bits per heavy atom. The number of carbonyl (C=O) groups excluding carboxylic acids is 1. The maximum atomic E-state index is 13.1. The lowest BCUT2D eigenvalue weighted by atomic mass is 10.1. The second-order valence-corrected chi connectivity index (χ2v) is 7.20. The fraction of sp³-hybridized carbons (Fsp3) is 0.304. The van der Waals surface area contributed by atoms with E-state index in [1.165, 1.54) is 0 Å². The van der Waals surface area contributed by atoms with E-state index in [1.807, 2.05) is 63.2 Å². The largest absolute Gasteiger partial charge is 0.320 e. The van der Waals surface area contributed by atoms with Crippen LogP contribution in [0.25, 0.3) is 10.8 Å². The first-order valence-corrected chi connectivity index (χ1v) is 9.43. The Kier molecular flexibility index (Phi) is 5.45. The maximum Gasteiger partial charge on any atom is 0.272 e. The number of nitrogens with zero attached hydrogens (tertiary/aromatic N) is 1. The first kappa shape index (κ1) is 18.9. The number of hydrogen-bond donors (Lipinski definition) is 1. The van der Waals surface area contributed by atoms with E-state index < -0.39 is 0 Å². The standard InChI is InChI=1S/C23H26N2O2/c1-5-6-11-25-21(14-18-9-7-16(3)13-19(18)23(25)27)22(26)24-20-10-8-15(2)12-17(20)4/h7-10,12-14H,5-6,11H2,1-4H3,(H,24,26). The molecule has 4 heteroatoms. The Labute approximate surface area is 159 Å². The molecule has 140 valence electrons. The van der Waals surface area contributed by atoms with Crippen molar-refractivity contribution in [3.8, 4) is 0 Å². The van der Waals surface area contributed by atoms with Gasteiger partial charge in [0.2, 0.25) is 0 Å².